The van der Waals surface area contributed by atoms with E-state index >= 15 is 0 Å². The first-order chi connectivity index (χ1) is 13.9. The summed E-state index contributed by atoms with van der Waals surface area (Å²) in [4.78, 5) is 32.7. The molecule has 0 saturated carbocycles. The molecule has 2 aromatic carbocycles. The van der Waals surface area contributed by atoms with Crippen LogP contribution in [0.4, 0.5) is 4.39 Å². The zero-order chi connectivity index (χ0) is 20.3. The van der Waals surface area contributed by atoms with E-state index < -0.39 is 0 Å². The lowest BCUT2D eigenvalue weighted by Gasteiger charge is -1.98. The van der Waals surface area contributed by atoms with Gasteiger partial charge in [0.25, 0.3) is 0 Å². The Morgan fingerprint density at radius 3 is 2.45 bits per heavy atom. The van der Waals surface area contributed by atoms with Crippen LogP contribution in [0.25, 0.3) is 28.8 Å². The van der Waals surface area contributed by atoms with E-state index in [1.165, 1.54) is 24.3 Å². The number of rotatable bonds is 2. The predicted octanol–water partition coefficient (Wildman–Crippen LogP) is 5.68. The minimum Gasteiger partial charge on any atom is -0.434 e. The first kappa shape index (κ1) is 18.3. The summed E-state index contributed by atoms with van der Waals surface area (Å²) in [6.07, 6.45) is 1.49. The Morgan fingerprint density at radius 1 is 1.07 bits per heavy atom. The third-order valence-corrected chi connectivity index (χ3v) is 6.16. The second-order valence-corrected chi connectivity index (χ2v) is 8.06. The molecule has 0 spiro atoms. The van der Waals surface area contributed by atoms with E-state index in [9.17, 15) is 14.0 Å². The molecule has 0 unspecified atom stereocenters. The molecule has 5 nitrogen and oxygen atoms in total. The van der Waals surface area contributed by atoms with Gasteiger partial charge in [-0.2, -0.15) is 4.98 Å². The molecule has 142 valence electrons. The van der Waals surface area contributed by atoms with Gasteiger partial charge in [-0.25, -0.2) is 4.39 Å². The quantitative estimate of drug-likeness (QED) is 0.210. The van der Waals surface area contributed by atoms with Crippen molar-refractivity contribution in [1.82, 2.24) is 9.97 Å². The largest absolute Gasteiger partial charge is 0.434 e. The van der Waals surface area contributed by atoms with Gasteiger partial charge in [0.1, 0.15) is 5.82 Å². The number of hydrogen-bond donors (Lipinski definition) is 1. The van der Waals surface area contributed by atoms with Gasteiger partial charge in [-0.15, -0.1) is 0 Å². The number of benzene rings is 2. The predicted molar refractivity (Wildman–Crippen MR) is 115 cm³/mol. The van der Waals surface area contributed by atoms with Gasteiger partial charge in [0.15, 0.2) is 22.8 Å². The molecule has 1 aliphatic rings. The Hall–Kier alpha value is -2.78. The molecule has 8 heteroatoms. The summed E-state index contributed by atoms with van der Waals surface area (Å²) >= 11 is 8.11. The highest BCUT2D eigenvalue weighted by molar-refractivity contribution is 14.1. The van der Waals surface area contributed by atoms with Crippen LogP contribution in [0.5, 0.6) is 0 Å². The van der Waals surface area contributed by atoms with Gasteiger partial charge in [0.2, 0.25) is 5.89 Å². The van der Waals surface area contributed by atoms with Crippen molar-refractivity contribution in [1.29, 1.82) is 0 Å². The molecule has 2 aromatic heterocycles. The molecular formula is C21H9ClFIN2O3. The number of Topliss-reactive ketones (excluding diaryl/α,β-unsaturated/α-hetero) is 2. The number of nitrogens with one attached hydrogen (secondary N) is 1. The van der Waals surface area contributed by atoms with Crippen molar-refractivity contribution >= 4 is 63.1 Å². The van der Waals surface area contributed by atoms with Crippen LogP contribution in [0.3, 0.4) is 0 Å². The van der Waals surface area contributed by atoms with Gasteiger partial charge >= 0.3 is 0 Å². The Kier molecular flexibility index (Phi) is 4.18. The molecule has 4 aromatic rings. The monoisotopic (exact) mass is 518 g/mol. The summed E-state index contributed by atoms with van der Waals surface area (Å²) in [5.41, 5.74) is 2.79. The summed E-state index contributed by atoms with van der Waals surface area (Å²) in [6, 6.07) is 10.6. The summed E-state index contributed by atoms with van der Waals surface area (Å²) in [7, 11) is 0. The van der Waals surface area contributed by atoms with Crippen molar-refractivity contribution in [3.05, 3.63) is 79.3 Å². The maximum atomic E-state index is 13.1. The van der Waals surface area contributed by atoms with Crippen LogP contribution in [0.1, 0.15) is 26.4 Å². The number of allylic oxidation sites excluding steroid dienone is 1. The van der Waals surface area contributed by atoms with Gasteiger partial charge in [-0.3, -0.25) is 9.59 Å². The van der Waals surface area contributed by atoms with Crippen LogP contribution in [0.2, 0.25) is 5.02 Å². The zero-order valence-electron chi connectivity index (χ0n) is 14.4. The van der Waals surface area contributed by atoms with E-state index in [2.05, 4.69) is 9.97 Å². The standard InChI is InChI=1S/C21H9ClFIN2O3/c22-15-7-12-13(8-16(15)24)19(28)14(18(12)27)5-11-6-17-20(25-11)26-21(29-17)9-1-3-10(23)4-2-9/h1-8,25H/b14-5+. The molecular weight excluding hydrogens is 510 g/mol. The van der Waals surface area contributed by atoms with Gasteiger partial charge in [-0.1, -0.05) is 11.6 Å². The molecule has 2 heterocycles. The fourth-order valence-corrected chi connectivity index (χ4v) is 3.86. The molecule has 1 N–H and O–H groups in total. The molecule has 5 rings (SSSR count). The Morgan fingerprint density at radius 2 is 1.76 bits per heavy atom. The van der Waals surface area contributed by atoms with E-state index in [-0.39, 0.29) is 23.0 Å². The second-order valence-electron chi connectivity index (χ2n) is 6.49. The first-order valence-electron chi connectivity index (χ1n) is 8.46. The number of H-pyrrole nitrogens is 1. The van der Waals surface area contributed by atoms with Crippen molar-refractivity contribution in [2.24, 2.45) is 0 Å². The van der Waals surface area contributed by atoms with E-state index in [0.29, 0.717) is 48.1 Å². The molecule has 0 aliphatic heterocycles. The van der Waals surface area contributed by atoms with Crippen LogP contribution < -0.4 is 0 Å². The molecule has 0 saturated heterocycles. The molecule has 0 atom stereocenters. The van der Waals surface area contributed by atoms with Crippen LogP contribution in [0.15, 0.2) is 52.5 Å². The number of oxazole rings is 1. The molecule has 0 bridgehead atoms. The lowest BCUT2D eigenvalue weighted by molar-refractivity contribution is 0.0990. The third-order valence-electron chi connectivity index (χ3n) is 4.63. The van der Waals surface area contributed by atoms with Gasteiger partial charge in [-0.05, 0) is 65.1 Å². The smallest absolute Gasteiger partial charge is 0.228 e. The Labute approximate surface area is 181 Å². The minimum absolute atomic E-state index is 0.0562. The maximum Gasteiger partial charge on any atom is 0.228 e. The molecule has 29 heavy (non-hydrogen) atoms. The average molecular weight is 519 g/mol. The highest BCUT2D eigenvalue weighted by Crippen LogP contribution is 2.33. The van der Waals surface area contributed by atoms with Crippen LogP contribution in [0, 0.1) is 9.39 Å². The Bertz CT molecular complexity index is 1290. The number of aromatic nitrogens is 2. The van der Waals surface area contributed by atoms with Crippen molar-refractivity contribution < 1.29 is 18.4 Å². The van der Waals surface area contributed by atoms with E-state index in [0.717, 1.165) is 0 Å². The maximum absolute atomic E-state index is 13.1. The Balaban J connectivity index is 1.51. The van der Waals surface area contributed by atoms with Crippen LogP contribution >= 0.6 is 34.2 Å². The number of carbonyl (C=O) groups excluding carboxylic acids is 2. The highest BCUT2D eigenvalue weighted by atomic mass is 127. The fraction of sp³-hybridized carbons (Fsp3) is 0. The summed E-state index contributed by atoms with van der Waals surface area (Å²) < 4.78 is 19.5. The van der Waals surface area contributed by atoms with Gasteiger partial charge in [0, 0.05) is 32.0 Å². The lowest BCUT2D eigenvalue weighted by Crippen LogP contribution is -2.00. The summed E-state index contributed by atoms with van der Waals surface area (Å²) in [5.74, 6) is -0.710. The van der Waals surface area contributed by atoms with Gasteiger partial charge < -0.3 is 9.40 Å². The van der Waals surface area contributed by atoms with E-state index in [4.69, 9.17) is 16.0 Å². The summed E-state index contributed by atoms with van der Waals surface area (Å²) in [6.45, 7) is 0. The normalized spacial score (nSPS) is 14.9. The molecule has 1 aliphatic carbocycles. The van der Waals surface area contributed by atoms with Crippen molar-refractivity contribution in [3.8, 4) is 11.5 Å². The van der Waals surface area contributed by atoms with Crippen molar-refractivity contribution in [3.63, 3.8) is 0 Å². The second kappa shape index (κ2) is 6.64. The van der Waals surface area contributed by atoms with E-state index in [1.807, 2.05) is 22.6 Å². The van der Waals surface area contributed by atoms with Crippen LogP contribution in [-0.2, 0) is 0 Å². The summed E-state index contributed by atoms with van der Waals surface area (Å²) in [5, 5.41) is 0.432. The SMILES string of the molecule is O=C1/C(=C\c2cc3oc(-c4ccc(F)cc4)nc3[nH]2)C(=O)c2cc(I)c(Cl)cc21. The number of carbonyl (C=O) groups is 2. The fourth-order valence-electron chi connectivity index (χ4n) is 3.23. The molecule has 0 fully saturated rings. The number of fused-ring (bicyclic) bond motifs is 2. The topological polar surface area (TPSA) is 76.0 Å². The third kappa shape index (κ3) is 3.01. The lowest BCUT2D eigenvalue weighted by atomic mass is 10.1. The number of ketones is 2. The number of nitrogens with zero attached hydrogens (tertiary/aromatic N) is 1. The number of halogens is 3. The average Bonchev–Trinajstić information content (AvgIpc) is 3.31. The first-order valence-corrected chi connectivity index (χ1v) is 9.92. The minimum atomic E-state index is -0.366. The zero-order valence-corrected chi connectivity index (χ0v) is 17.3. The van der Waals surface area contributed by atoms with Crippen molar-refractivity contribution in [2.45, 2.75) is 0 Å². The van der Waals surface area contributed by atoms with Crippen LogP contribution in [-0.4, -0.2) is 21.5 Å². The van der Waals surface area contributed by atoms with Gasteiger partial charge in [0.05, 0.1) is 10.6 Å². The highest BCUT2D eigenvalue weighted by Gasteiger charge is 2.34. The molecule has 0 radical (unpaired) electrons. The number of aromatic amines is 1. The van der Waals surface area contributed by atoms with Crippen molar-refractivity contribution in [2.75, 3.05) is 0 Å². The molecule has 0 amide bonds. The number of hydrogen-bond acceptors (Lipinski definition) is 4. The van der Waals surface area contributed by atoms with E-state index in [1.54, 1.807) is 24.3 Å².